The van der Waals surface area contributed by atoms with Gasteiger partial charge in [-0.1, -0.05) is 183 Å². The molecule has 1 heteroatoms. The molecule has 1 atom stereocenters. The smallest absolute Gasteiger partial charge is 0.0725 e. The van der Waals surface area contributed by atoms with Gasteiger partial charge in [0.2, 0.25) is 0 Å². The van der Waals surface area contributed by atoms with Crippen molar-refractivity contribution in [1.82, 2.24) is 0 Å². The molecule has 4 aliphatic rings. The number of hydrogen-bond acceptors (Lipinski definition) is 1. The van der Waals surface area contributed by atoms with E-state index in [9.17, 15) is 0 Å². The van der Waals surface area contributed by atoms with Crippen LogP contribution in [0.25, 0.3) is 34.9 Å². The second-order valence-electron chi connectivity index (χ2n) is 13.3. The lowest BCUT2D eigenvalue weighted by Crippen LogP contribution is -2.27. The van der Waals surface area contributed by atoms with Crippen molar-refractivity contribution in [1.29, 1.82) is 0 Å². The lowest BCUT2D eigenvalue weighted by molar-refractivity contribution is 0.779. The quantitative estimate of drug-likeness (QED) is 0.188. The molecule has 0 bridgehead atoms. The molecule has 4 aliphatic carbocycles. The Kier molecular flexibility index (Phi) is 9.12. The van der Waals surface area contributed by atoms with Gasteiger partial charge in [-0.2, -0.15) is 0 Å². The van der Waals surface area contributed by atoms with E-state index in [1.807, 2.05) is 23.5 Å². The van der Waals surface area contributed by atoms with E-state index in [-0.39, 0.29) is 0 Å². The highest BCUT2D eigenvalue weighted by Gasteiger charge is 2.52. The highest BCUT2D eigenvalue weighted by Crippen LogP contribution is 2.62. The molecule has 0 aliphatic heterocycles. The average molecular weight is 685 g/mol. The first-order valence-corrected chi connectivity index (χ1v) is 18.7. The maximum Gasteiger partial charge on any atom is 0.0725 e. The molecule has 0 saturated heterocycles. The SMILES string of the molecule is C=C/C=C\c1sc2c(c1C)/C=C/C=C/C1=C(/C=C\C=C/2)c2ccccc2C12C1=C(\C=C(c3ccccc3C)/C=C\C=C\C=C\C=C\1)c1ccccc12. The topological polar surface area (TPSA) is 0 Å². The molecule has 0 N–H and O–H groups in total. The normalized spacial score (nSPS) is 24.7. The third-order valence-electron chi connectivity index (χ3n) is 10.4. The van der Waals surface area contributed by atoms with E-state index in [4.69, 9.17) is 0 Å². The van der Waals surface area contributed by atoms with Gasteiger partial charge in [0.05, 0.1) is 5.41 Å². The van der Waals surface area contributed by atoms with E-state index >= 15 is 0 Å². The maximum atomic E-state index is 3.87. The van der Waals surface area contributed by atoms with E-state index in [0.717, 1.165) is 0 Å². The van der Waals surface area contributed by atoms with Crippen LogP contribution in [-0.2, 0) is 5.41 Å². The van der Waals surface area contributed by atoms with Crippen LogP contribution in [0.2, 0.25) is 0 Å². The van der Waals surface area contributed by atoms with Crippen LogP contribution >= 0.6 is 11.3 Å². The lowest BCUT2D eigenvalue weighted by atomic mass is 9.68. The van der Waals surface area contributed by atoms with Gasteiger partial charge in [-0.15, -0.1) is 11.3 Å². The van der Waals surface area contributed by atoms with Gasteiger partial charge in [-0.25, -0.2) is 0 Å². The maximum absolute atomic E-state index is 3.87. The van der Waals surface area contributed by atoms with Crippen molar-refractivity contribution in [2.24, 2.45) is 0 Å². The molecule has 1 unspecified atom stereocenters. The molecule has 52 heavy (non-hydrogen) atoms. The summed E-state index contributed by atoms with van der Waals surface area (Å²) in [6.07, 6.45) is 43.9. The summed E-state index contributed by atoms with van der Waals surface area (Å²) in [5.74, 6) is 0. The number of aryl methyl sites for hydroxylation is 1. The first kappa shape index (κ1) is 33.1. The summed E-state index contributed by atoms with van der Waals surface area (Å²) in [5, 5.41) is 0. The fourth-order valence-corrected chi connectivity index (χ4v) is 9.19. The molecule has 1 heterocycles. The van der Waals surface area contributed by atoms with Gasteiger partial charge in [-0.05, 0) is 104 Å². The Balaban J connectivity index is 1.41. The van der Waals surface area contributed by atoms with Crippen LogP contribution in [0.4, 0.5) is 0 Å². The van der Waals surface area contributed by atoms with Crippen LogP contribution < -0.4 is 0 Å². The minimum atomic E-state index is -0.520. The Morgan fingerprint density at radius 1 is 0.558 bits per heavy atom. The van der Waals surface area contributed by atoms with Crippen LogP contribution in [0.5, 0.6) is 0 Å². The van der Waals surface area contributed by atoms with Crippen molar-refractivity contribution >= 4 is 46.3 Å². The Morgan fingerprint density at radius 3 is 1.85 bits per heavy atom. The molecule has 0 amide bonds. The number of rotatable bonds is 3. The average Bonchev–Trinajstić information content (AvgIpc) is 3.71. The van der Waals surface area contributed by atoms with E-state index in [1.54, 1.807) is 0 Å². The minimum absolute atomic E-state index is 0.520. The summed E-state index contributed by atoms with van der Waals surface area (Å²) in [5.41, 5.74) is 15.9. The summed E-state index contributed by atoms with van der Waals surface area (Å²) in [6, 6.07) is 26.7. The number of fused-ring (bicyclic) bond motifs is 9. The second-order valence-corrected chi connectivity index (χ2v) is 14.4. The Hall–Kier alpha value is -6.02. The van der Waals surface area contributed by atoms with Gasteiger partial charge in [0.1, 0.15) is 0 Å². The van der Waals surface area contributed by atoms with Gasteiger partial charge < -0.3 is 0 Å². The van der Waals surface area contributed by atoms with Crippen molar-refractivity contribution in [3.8, 4) is 0 Å². The van der Waals surface area contributed by atoms with Crippen molar-refractivity contribution in [3.05, 3.63) is 248 Å². The van der Waals surface area contributed by atoms with Gasteiger partial charge in [0.25, 0.3) is 0 Å². The number of benzene rings is 3. The fourth-order valence-electron chi connectivity index (χ4n) is 8.07. The van der Waals surface area contributed by atoms with Gasteiger partial charge in [0.15, 0.2) is 0 Å². The summed E-state index contributed by atoms with van der Waals surface area (Å²) in [4.78, 5) is 2.50. The molecule has 0 nitrogen and oxygen atoms in total. The van der Waals surface area contributed by atoms with Crippen LogP contribution in [0.15, 0.2) is 194 Å². The van der Waals surface area contributed by atoms with Gasteiger partial charge in [0, 0.05) is 9.75 Å². The van der Waals surface area contributed by atoms with Crippen molar-refractivity contribution in [2.75, 3.05) is 0 Å². The number of thiophene rings is 1. The lowest BCUT2D eigenvalue weighted by Gasteiger charge is -2.32. The van der Waals surface area contributed by atoms with Crippen molar-refractivity contribution < 1.29 is 0 Å². The second kappa shape index (κ2) is 14.3. The molecular formula is C51H40S. The molecule has 0 saturated carbocycles. The zero-order valence-electron chi connectivity index (χ0n) is 29.6. The highest BCUT2D eigenvalue weighted by molar-refractivity contribution is 7.14. The predicted octanol–water partition coefficient (Wildman–Crippen LogP) is 13.6. The van der Waals surface area contributed by atoms with Crippen LogP contribution in [0.3, 0.4) is 0 Å². The molecule has 3 aromatic carbocycles. The summed E-state index contributed by atoms with van der Waals surface area (Å²) in [7, 11) is 0. The molecule has 1 aromatic heterocycles. The monoisotopic (exact) mass is 684 g/mol. The zero-order chi connectivity index (χ0) is 35.5. The number of allylic oxidation sites excluding steroid dienone is 22. The summed E-state index contributed by atoms with van der Waals surface area (Å²) >= 11 is 1.81. The third kappa shape index (κ3) is 5.64. The molecule has 250 valence electrons. The predicted molar refractivity (Wildman–Crippen MR) is 228 cm³/mol. The van der Waals surface area contributed by atoms with E-state index in [1.165, 1.54) is 82.1 Å². The van der Waals surface area contributed by atoms with Gasteiger partial charge in [-0.3, -0.25) is 0 Å². The van der Waals surface area contributed by atoms with E-state index < -0.39 is 5.41 Å². The van der Waals surface area contributed by atoms with E-state index in [2.05, 4.69) is 203 Å². The Labute approximate surface area is 312 Å². The molecule has 0 fully saturated rings. The third-order valence-corrected chi connectivity index (χ3v) is 11.6. The minimum Gasteiger partial charge on any atom is -0.136 e. The first-order valence-electron chi connectivity index (χ1n) is 17.9. The highest BCUT2D eigenvalue weighted by atomic mass is 32.1. The van der Waals surface area contributed by atoms with Crippen molar-refractivity contribution in [2.45, 2.75) is 19.3 Å². The zero-order valence-corrected chi connectivity index (χ0v) is 30.4. The Morgan fingerprint density at radius 2 is 1.12 bits per heavy atom. The molecule has 4 aromatic rings. The molecule has 0 radical (unpaired) electrons. The van der Waals surface area contributed by atoms with E-state index in [0.29, 0.717) is 0 Å². The molecule has 1 spiro atoms. The Bertz CT molecular complexity index is 2480. The first-order chi connectivity index (χ1) is 25.6. The van der Waals surface area contributed by atoms with Crippen molar-refractivity contribution in [3.63, 3.8) is 0 Å². The van der Waals surface area contributed by atoms with Gasteiger partial charge >= 0.3 is 0 Å². The fraction of sp³-hybridized carbons (Fsp3) is 0.0588. The molecular weight excluding hydrogens is 645 g/mol. The van der Waals surface area contributed by atoms with Crippen LogP contribution in [-0.4, -0.2) is 0 Å². The number of hydrogen-bond donors (Lipinski definition) is 0. The van der Waals surface area contributed by atoms with Crippen LogP contribution in [0.1, 0.15) is 54.3 Å². The van der Waals surface area contributed by atoms with Crippen LogP contribution in [0, 0.1) is 13.8 Å². The summed E-state index contributed by atoms with van der Waals surface area (Å²) < 4.78 is 0. The summed E-state index contributed by atoms with van der Waals surface area (Å²) in [6.45, 7) is 8.28. The largest absolute Gasteiger partial charge is 0.136 e. The molecule has 8 rings (SSSR count). The standard InChI is InChI=1S/C51H40S/c1-4-5-33-49-37(3)40-25-14-18-30-45-42(27-17-21-34-50(40)52-49)41-26-15-19-31-46(41)51(45)47-32-20-16-28-43(47)44-35-38(39-24-13-12-22-36(39)2)23-10-8-6-7-9-11-29-48(44)51/h4-35H,1H2,2-3H3/b7-6?,8-6+,9-7+,10-8?,11-9?,18-14?,21-17?,23-10-,25-14+,27-17-,29-11+,30-18+,33-5-,34-21-,38-23?,38-35+,40-25?,42-27?,44-35?,45-30?,48-29?,50-34?.